The number of thioether (sulfide) groups is 1. The van der Waals surface area contributed by atoms with Gasteiger partial charge in [0.2, 0.25) is 0 Å². The van der Waals surface area contributed by atoms with E-state index in [-0.39, 0.29) is 0 Å². The summed E-state index contributed by atoms with van der Waals surface area (Å²) in [6, 6.07) is 11.1. The lowest BCUT2D eigenvalue weighted by Crippen LogP contribution is -2.37. The number of methoxy groups -OCH3 is 1. The van der Waals surface area contributed by atoms with Gasteiger partial charge in [0.1, 0.15) is 0 Å². The first-order valence-corrected chi connectivity index (χ1v) is 7.33. The highest BCUT2D eigenvalue weighted by molar-refractivity contribution is 7.99. The van der Waals surface area contributed by atoms with Gasteiger partial charge in [-0.2, -0.15) is 0 Å². The molecule has 0 heterocycles. The van der Waals surface area contributed by atoms with Crippen molar-refractivity contribution in [1.29, 1.82) is 0 Å². The smallest absolute Gasteiger partial charge is 0.0724 e. The maximum Gasteiger partial charge on any atom is 0.0724 e. The molecule has 1 saturated carbocycles. The van der Waals surface area contributed by atoms with Crippen LogP contribution >= 0.6 is 11.8 Å². The van der Waals surface area contributed by atoms with Crippen molar-refractivity contribution >= 4 is 11.8 Å². The molecule has 0 aliphatic heterocycles. The molecule has 1 aromatic rings. The Kier molecular flexibility index (Phi) is 5.36. The van der Waals surface area contributed by atoms with Crippen molar-refractivity contribution in [3.63, 3.8) is 0 Å². The standard InChI is InChI=1S/C14H21NOS/c1-16-14-9-5-8-13(14)15-10-11-17-12-6-3-2-4-7-12/h2-4,6-7,13-15H,5,8-11H2,1H3. The lowest BCUT2D eigenvalue weighted by Gasteiger charge is -2.19. The van der Waals surface area contributed by atoms with Crippen LogP contribution in [-0.4, -0.2) is 31.6 Å². The van der Waals surface area contributed by atoms with E-state index in [1.807, 2.05) is 18.9 Å². The molecule has 1 aliphatic carbocycles. The fourth-order valence-corrected chi connectivity index (χ4v) is 3.18. The van der Waals surface area contributed by atoms with Gasteiger partial charge in [0.15, 0.2) is 0 Å². The first-order valence-electron chi connectivity index (χ1n) is 6.34. The maximum absolute atomic E-state index is 5.47. The third-order valence-electron chi connectivity index (χ3n) is 3.28. The zero-order valence-corrected chi connectivity index (χ0v) is 11.2. The Morgan fingerprint density at radius 2 is 2.12 bits per heavy atom. The topological polar surface area (TPSA) is 21.3 Å². The van der Waals surface area contributed by atoms with Crippen LogP contribution in [0.15, 0.2) is 35.2 Å². The highest BCUT2D eigenvalue weighted by atomic mass is 32.2. The second kappa shape index (κ2) is 7.04. The molecule has 0 spiro atoms. The summed E-state index contributed by atoms with van der Waals surface area (Å²) in [6.45, 7) is 1.06. The van der Waals surface area contributed by atoms with Gasteiger partial charge in [-0.1, -0.05) is 18.2 Å². The predicted molar refractivity (Wildman–Crippen MR) is 73.6 cm³/mol. The molecule has 1 aliphatic rings. The zero-order chi connectivity index (χ0) is 11.9. The molecule has 2 atom stereocenters. The van der Waals surface area contributed by atoms with Crippen LogP contribution in [0.2, 0.25) is 0 Å². The summed E-state index contributed by atoms with van der Waals surface area (Å²) < 4.78 is 5.47. The van der Waals surface area contributed by atoms with Crippen LogP contribution < -0.4 is 5.32 Å². The predicted octanol–water partition coefficient (Wildman–Crippen LogP) is 2.94. The molecule has 2 unspecified atom stereocenters. The molecule has 94 valence electrons. The molecule has 0 aromatic heterocycles. The number of nitrogens with one attached hydrogen (secondary N) is 1. The summed E-state index contributed by atoms with van der Waals surface area (Å²) >= 11 is 1.91. The molecule has 1 N–H and O–H groups in total. The first-order chi connectivity index (χ1) is 8.40. The highest BCUT2D eigenvalue weighted by Crippen LogP contribution is 2.22. The molecule has 17 heavy (non-hydrogen) atoms. The van der Waals surface area contributed by atoms with Gasteiger partial charge in [-0.25, -0.2) is 0 Å². The van der Waals surface area contributed by atoms with Gasteiger partial charge >= 0.3 is 0 Å². The number of hydrogen-bond acceptors (Lipinski definition) is 3. The Morgan fingerprint density at radius 3 is 2.88 bits per heavy atom. The van der Waals surface area contributed by atoms with Crippen molar-refractivity contribution in [2.24, 2.45) is 0 Å². The van der Waals surface area contributed by atoms with Crippen LogP contribution in [0.25, 0.3) is 0 Å². The van der Waals surface area contributed by atoms with Gasteiger partial charge in [-0.15, -0.1) is 11.8 Å². The van der Waals surface area contributed by atoms with Crippen LogP contribution in [0.4, 0.5) is 0 Å². The SMILES string of the molecule is COC1CCCC1NCCSc1ccccc1. The number of benzene rings is 1. The van der Waals surface area contributed by atoms with Crippen molar-refractivity contribution in [3.8, 4) is 0 Å². The van der Waals surface area contributed by atoms with Crippen LogP contribution in [0, 0.1) is 0 Å². The quantitative estimate of drug-likeness (QED) is 0.620. The molecule has 0 saturated heterocycles. The minimum absolute atomic E-state index is 0.428. The van der Waals surface area contributed by atoms with Gasteiger partial charge in [-0.05, 0) is 31.4 Å². The average Bonchev–Trinajstić information content (AvgIpc) is 2.83. The number of ether oxygens (including phenoxy) is 1. The fraction of sp³-hybridized carbons (Fsp3) is 0.571. The second-order valence-corrected chi connectivity index (χ2v) is 5.60. The van der Waals surface area contributed by atoms with E-state index in [1.54, 1.807) is 0 Å². The Balaban J connectivity index is 1.63. The van der Waals surface area contributed by atoms with E-state index >= 15 is 0 Å². The van der Waals surface area contributed by atoms with Crippen molar-refractivity contribution in [2.45, 2.75) is 36.3 Å². The molecule has 2 rings (SSSR count). The molecular formula is C14H21NOS. The summed E-state index contributed by atoms with van der Waals surface area (Å²) in [5.74, 6) is 1.12. The van der Waals surface area contributed by atoms with E-state index in [1.165, 1.54) is 24.2 Å². The normalized spacial score (nSPS) is 24.1. The van der Waals surface area contributed by atoms with Gasteiger partial charge in [-0.3, -0.25) is 0 Å². The van der Waals surface area contributed by atoms with Crippen molar-refractivity contribution in [1.82, 2.24) is 5.32 Å². The highest BCUT2D eigenvalue weighted by Gasteiger charge is 2.25. The summed E-state index contributed by atoms with van der Waals surface area (Å²) in [4.78, 5) is 1.35. The molecular weight excluding hydrogens is 230 g/mol. The van der Waals surface area contributed by atoms with Crippen LogP contribution in [0.5, 0.6) is 0 Å². The zero-order valence-electron chi connectivity index (χ0n) is 10.4. The number of rotatable bonds is 6. The third kappa shape index (κ3) is 4.02. The van der Waals surface area contributed by atoms with Crippen LogP contribution in [0.3, 0.4) is 0 Å². The molecule has 0 amide bonds. The number of hydrogen-bond donors (Lipinski definition) is 1. The van der Waals surface area contributed by atoms with Gasteiger partial charge < -0.3 is 10.1 Å². The summed E-state index contributed by atoms with van der Waals surface area (Å²) in [5.41, 5.74) is 0. The Hall–Kier alpha value is -0.510. The van der Waals surface area contributed by atoms with Gasteiger partial charge in [0.25, 0.3) is 0 Å². The largest absolute Gasteiger partial charge is 0.380 e. The minimum atomic E-state index is 0.428. The van der Waals surface area contributed by atoms with Crippen molar-refractivity contribution in [3.05, 3.63) is 30.3 Å². The van der Waals surface area contributed by atoms with E-state index < -0.39 is 0 Å². The van der Waals surface area contributed by atoms with E-state index in [4.69, 9.17) is 4.74 Å². The lowest BCUT2D eigenvalue weighted by atomic mass is 10.2. The minimum Gasteiger partial charge on any atom is -0.380 e. The monoisotopic (exact) mass is 251 g/mol. The molecule has 2 nitrogen and oxygen atoms in total. The lowest BCUT2D eigenvalue weighted by molar-refractivity contribution is 0.0859. The van der Waals surface area contributed by atoms with E-state index in [2.05, 4.69) is 35.6 Å². The van der Waals surface area contributed by atoms with Gasteiger partial charge in [0.05, 0.1) is 6.10 Å². The second-order valence-electron chi connectivity index (χ2n) is 4.43. The van der Waals surface area contributed by atoms with Crippen LogP contribution in [0.1, 0.15) is 19.3 Å². The van der Waals surface area contributed by atoms with E-state index in [9.17, 15) is 0 Å². The van der Waals surface area contributed by atoms with Crippen LogP contribution in [-0.2, 0) is 4.74 Å². The summed E-state index contributed by atoms with van der Waals surface area (Å²) in [5, 5.41) is 3.61. The molecule has 3 heteroatoms. The third-order valence-corrected chi connectivity index (χ3v) is 4.29. The molecule has 0 radical (unpaired) electrons. The first kappa shape index (κ1) is 12.9. The summed E-state index contributed by atoms with van der Waals surface area (Å²) in [7, 11) is 1.82. The average molecular weight is 251 g/mol. The Bertz CT molecular complexity index is 317. The van der Waals surface area contributed by atoms with E-state index in [0.717, 1.165) is 12.3 Å². The molecule has 1 aromatic carbocycles. The molecule has 1 fully saturated rings. The fourth-order valence-electron chi connectivity index (χ4n) is 2.37. The Morgan fingerprint density at radius 1 is 1.29 bits per heavy atom. The van der Waals surface area contributed by atoms with Crippen molar-refractivity contribution in [2.75, 3.05) is 19.4 Å². The van der Waals surface area contributed by atoms with Gasteiger partial charge in [0, 0.05) is 30.3 Å². The van der Waals surface area contributed by atoms with E-state index in [0.29, 0.717) is 12.1 Å². The molecule has 0 bridgehead atoms. The Labute approximate surface area is 108 Å². The maximum atomic E-state index is 5.47. The van der Waals surface area contributed by atoms with Crippen molar-refractivity contribution < 1.29 is 4.74 Å². The summed E-state index contributed by atoms with van der Waals surface area (Å²) in [6.07, 6.45) is 4.19.